The van der Waals surface area contributed by atoms with Crippen LogP contribution in [-0.4, -0.2) is 21.0 Å². The average molecular weight is 300 g/mol. The van der Waals surface area contributed by atoms with Crippen molar-refractivity contribution < 1.29 is 4.79 Å². The van der Waals surface area contributed by atoms with Crippen LogP contribution < -0.4 is 10.9 Å². The van der Waals surface area contributed by atoms with Crippen molar-refractivity contribution in [1.82, 2.24) is 14.9 Å². The topological polar surface area (TPSA) is 64.0 Å². The number of nitrogens with one attached hydrogen (secondary N) is 1. The van der Waals surface area contributed by atoms with Gasteiger partial charge in [0.15, 0.2) is 0 Å². The van der Waals surface area contributed by atoms with Crippen molar-refractivity contribution in [2.75, 3.05) is 0 Å². The molecule has 20 heavy (non-hydrogen) atoms. The van der Waals surface area contributed by atoms with Crippen molar-refractivity contribution in [3.63, 3.8) is 0 Å². The Labute approximate surface area is 124 Å². The predicted molar refractivity (Wildman–Crippen MR) is 80.1 cm³/mol. The lowest BCUT2D eigenvalue weighted by Crippen LogP contribution is -2.45. The van der Waals surface area contributed by atoms with Crippen LogP contribution >= 0.6 is 11.6 Å². The number of aromatic nitrogens is 2. The molecule has 0 spiro atoms. The van der Waals surface area contributed by atoms with E-state index in [2.05, 4.69) is 10.3 Å². The number of hydrogen-bond donors (Lipinski definition) is 1. The molecule has 0 saturated carbocycles. The molecule has 1 heterocycles. The molecular formula is C14H22ClN3O2. The molecule has 0 fully saturated rings. The summed E-state index contributed by atoms with van der Waals surface area (Å²) in [6.07, 6.45) is 0.809. The highest BCUT2D eigenvalue weighted by Gasteiger charge is 2.20. The molecule has 6 heteroatoms. The summed E-state index contributed by atoms with van der Waals surface area (Å²) in [6, 6.07) is 1.23. The van der Waals surface area contributed by atoms with E-state index in [-0.39, 0.29) is 34.6 Å². The molecule has 0 radical (unpaired) electrons. The summed E-state index contributed by atoms with van der Waals surface area (Å²) in [4.78, 5) is 28.2. The minimum absolute atomic E-state index is 0.00776. The van der Waals surface area contributed by atoms with Gasteiger partial charge in [-0.25, -0.2) is 4.98 Å². The van der Waals surface area contributed by atoms with E-state index in [1.165, 1.54) is 10.6 Å². The first-order valence-corrected chi connectivity index (χ1v) is 7.12. The summed E-state index contributed by atoms with van der Waals surface area (Å²) in [7, 11) is 0. The largest absolute Gasteiger partial charge is 0.350 e. The Hall–Kier alpha value is -1.36. The lowest BCUT2D eigenvalue weighted by atomic mass is 10.0. The summed E-state index contributed by atoms with van der Waals surface area (Å²) in [5.74, 6) is 0.324. The van der Waals surface area contributed by atoms with Crippen LogP contribution in [0.5, 0.6) is 0 Å². The van der Waals surface area contributed by atoms with Crippen molar-refractivity contribution in [3.8, 4) is 0 Å². The van der Waals surface area contributed by atoms with E-state index in [0.717, 1.165) is 6.42 Å². The van der Waals surface area contributed by atoms with Gasteiger partial charge in [-0.1, -0.05) is 32.4 Å². The first-order valence-electron chi connectivity index (χ1n) is 6.74. The molecule has 0 aliphatic rings. The first-order chi connectivity index (χ1) is 9.16. The van der Waals surface area contributed by atoms with E-state index in [9.17, 15) is 9.59 Å². The van der Waals surface area contributed by atoms with Crippen molar-refractivity contribution in [3.05, 3.63) is 27.4 Å². The van der Waals surface area contributed by atoms with Crippen LogP contribution in [0.25, 0.3) is 0 Å². The maximum atomic E-state index is 12.1. The van der Waals surface area contributed by atoms with Gasteiger partial charge < -0.3 is 5.32 Å². The highest BCUT2D eigenvalue weighted by Crippen LogP contribution is 2.13. The van der Waals surface area contributed by atoms with E-state index in [1.54, 1.807) is 0 Å². The fraction of sp³-hybridized carbons (Fsp3) is 0.643. The molecule has 0 atom stereocenters. The molecule has 1 amide bonds. The van der Waals surface area contributed by atoms with Crippen molar-refractivity contribution >= 4 is 17.5 Å². The molecule has 0 bridgehead atoms. The minimum atomic E-state index is -0.307. The van der Waals surface area contributed by atoms with Crippen LogP contribution in [-0.2, 0) is 11.3 Å². The first kappa shape index (κ1) is 16.7. The molecule has 1 aromatic heterocycles. The molecule has 0 unspecified atom stereocenters. The van der Waals surface area contributed by atoms with E-state index >= 15 is 0 Å². The number of hydrogen-bond acceptors (Lipinski definition) is 3. The highest BCUT2D eigenvalue weighted by molar-refractivity contribution is 6.29. The molecule has 0 aromatic carbocycles. The Kier molecular flexibility index (Phi) is 5.34. The Morgan fingerprint density at radius 2 is 2.10 bits per heavy atom. The zero-order valence-electron chi connectivity index (χ0n) is 12.7. The second kappa shape index (κ2) is 6.39. The van der Waals surface area contributed by atoms with Crippen LogP contribution in [0, 0.1) is 0 Å². The zero-order chi connectivity index (χ0) is 15.5. The van der Waals surface area contributed by atoms with Crippen LogP contribution in [0.1, 0.15) is 52.8 Å². The van der Waals surface area contributed by atoms with E-state index < -0.39 is 0 Å². The lowest BCUT2D eigenvalue weighted by molar-refractivity contribution is -0.123. The molecule has 5 nitrogen and oxygen atoms in total. The lowest BCUT2D eigenvalue weighted by Gasteiger charge is -2.25. The normalized spacial score (nSPS) is 11.8. The third kappa shape index (κ3) is 4.34. The van der Waals surface area contributed by atoms with Crippen LogP contribution in [0.15, 0.2) is 10.9 Å². The third-order valence-electron chi connectivity index (χ3n) is 3.19. The maximum Gasteiger partial charge on any atom is 0.255 e. The summed E-state index contributed by atoms with van der Waals surface area (Å²) in [5.41, 5.74) is -0.600. The fourth-order valence-corrected chi connectivity index (χ4v) is 1.92. The van der Waals surface area contributed by atoms with E-state index in [1.807, 2.05) is 34.6 Å². The van der Waals surface area contributed by atoms with Gasteiger partial charge in [0.1, 0.15) is 17.5 Å². The van der Waals surface area contributed by atoms with Gasteiger partial charge in [0.2, 0.25) is 5.91 Å². The molecule has 1 rings (SSSR count). The molecule has 112 valence electrons. The van der Waals surface area contributed by atoms with Crippen molar-refractivity contribution in [2.24, 2.45) is 0 Å². The van der Waals surface area contributed by atoms with Gasteiger partial charge in [-0.2, -0.15) is 0 Å². The number of rotatable bonds is 5. The Morgan fingerprint density at radius 3 is 2.60 bits per heavy atom. The average Bonchev–Trinajstić information content (AvgIpc) is 2.31. The molecule has 0 aliphatic heterocycles. The highest BCUT2D eigenvalue weighted by atomic mass is 35.5. The van der Waals surface area contributed by atoms with Crippen LogP contribution in [0.4, 0.5) is 0 Å². The number of carbonyl (C=O) groups is 1. The van der Waals surface area contributed by atoms with Gasteiger partial charge in [-0.3, -0.25) is 14.2 Å². The molecular weight excluding hydrogens is 278 g/mol. The number of nitrogens with zero attached hydrogens (tertiary/aromatic N) is 2. The Morgan fingerprint density at radius 1 is 1.50 bits per heavy atom. The van der Waals surface area contributed by atoms with Gasteiger partial charge in [-0.15, -0.1) is 0 Å². The van der Waals surface area contributed by atoms with E-state index in [4.69, 9.17) is 11.6 Å². The number of halogens is 1. The molecule has 0 saturated heterocycles. The van der Waals surface area contributed by atoms with Gasteiger partial charge in [-0.05, 0) is 20.3 Å². The number of carbonyl (C=O) groups excluding carboxylic acids is 1. The van der Waals surface area contributed by atoms with Crippen molar-refractivity contribution in [2.45, 2.75) is 59.0 Å². The van der Waals surface area contributed by atoms with E-state index in [0.29, 0.717) is 5.82 Å². The monoisotopic (exact) mass is 299 g/mol. The van der Waals surface area contributed by atoms with Gasteiger partial charge >= 0.3 is 0 Å². The quantitative estimate of drug-likeness (QED) is 0.849. The zero-order valence-corrected chi connectivity index (χ0v) is 13.4. The second-order valence-electron chi connectivity index (χ2n) is 5.80. The number of amides is 1. The molecule has 1 N–H and O–H groups in total. The summed E-state index contributed by atoms with van der Waals surface area (Å²) < 4.78 is 1.37. The fourth-order valence-electron chi connectivity index (χ4n) is 1.74. The standard InChI is InChI=1S/C14H22ClN3O2/c1-6-14(4,5)17-11(19)8-18-12(20)7-10(15)16-13(18)9(2)3/h7,9H,6,8H2,1-5H3,(H,17,19). The summed E-state index contributed by atoms with van der Waals surface area (Å²) in [5, 5.41) is 3.06. The van der Waals surface area contributed by atoms with Crippen LogP contribution in [0.3, 0.4) is 0 Å². The smallest absolute Gasteiger partial charge is 0.255 e. The third-order valence-corrected chi connectivity index (χ3v) is 3.38. The van der Waals surface area contributed by atoms with Crippen LogP contribution in [0.2, 0.25) is 5.15 Å². The van der Waals surface area contributed by atoms with Crippen molar-refractivity contribution in [1.29, 1.82) is 0 Å². The Bertz CT molecular complexity index is 550. The van der Waals surface area contributed by atoms with Gasteiger partial charge in [0, 0.05) is 17.5 Å². The molecule has 0 aliphatic carbocycles. The Balaban J connectivity index is 3.04. The maximum absolute atomic E-state index is 12.1. The van der Waals surface area contributed by atoms with Gasteiger partial charge in [0.05, 0.1) is 0 Å². The SMILES string of the molecule is CCC(C)(C)NC(=O)Cn1c(C(C)C)nc(Cl)cc1=O. The summed E-state index contributed by atoms with van der Waals surface area (Å²) in [6.45, 7) is 9.65. The molecule has 1 aromatic rings. The summed E-state index contributed by atoms with van der Waals surface area (Å²) >= 11 is 5.81. The second-order valence-corrected chi connectivity index (χ2v) is 6.19. The predicted octanol–water partition coefficient (Wildman–Crippen LogP) is 2.32. The van der Waals surface area contributed by atoms with Gasteiger partial charge in [0.25, 0.3) is 5.56 Å². The minimum Gasteiger partial charge on any atom is -0.350 e.